The van der Waals surface area contributed by atoms with Crippen LogP contribution in [0.4, 0.5) is 13.2 Å². The minimum Gasteiger partial charge on any atom is -0.482 e. The van der Waals surface area contributed by atoms with Gasteiger partial charge in [0.05, 0.1) is 12.2 Å². The van der Waals surface area contributed by atoms with E-state index in [1.807, 2.05) is 25.1 Å². The van der Waals surface area contributed by atoms with Crippen molar-refractivity contribution in [2.75, 3.05) is 13.2 Å². The number of halogens is 4. The molecule has 1 heterocycles. The minimum absolute atomic E-state index is 0.116. The number of ether oxygens (including phenoxy) is 3. The zero-order chi connectivity index (χ0) is 30.2. The third kappa shape index (κ3) is 9.38. The van der Waals surface area contributed by atoms with Crippen LogP contribution >= 0.6 is 11.6 Å². The van der Waals surface area contributed by atoms with Gasteiger partial charge in [-0.15, -0.1) is 0 Å². The molecule has 3 aromatic rings. The number of benzene rings is 2. The Bertz CT molecular complexity index is 1310. The summed E-state index contributed by atoms with van der Waals surface area (Å²) in [6.07, 6.45) is -3.35. The van der Waals surface area contributed by atoms with Gasteiger partial charge in [-0.25, -0.2) is 9.78 Å². The van der Waals surface area contributed by atoms with Crippen LogP contribution in [-0.2, 0) is 26.9 Å². The quantitative estimate of drug-likeness (QED) is 0.246. The molecule has 0 aliphatic heterocycles. The summed E-state index contributed by atoms with van der Waals surface area (Å²) in [6, 6.07) is 16.1. The molecule has 2 aromatic carbocycles. The summed E-state index contributed by atoms with van der Waals surface area (Å²) in [6.45, 7) is 6.57. The first-order valence-electron chi connectivity index (χ1n) is 12.9. The number of hydrogen-bond donors (Lipinski definition) is 1. The number of pyridine rings is 1. The highest BCUT2D eigenvalue weighted by atomic mass is 35.5. The van der Waals surface area contributed by atoms with E-state index in [-0.39, 0.29) is 25.0 Å². The molecule has 3 rings (SSSR count). The van der Waals surface area contributed by atoms with Crippen LogP contribution < -0.4 is 14.8 Å². The maximum atomic E-state index is 13.3. The molecular weight excluding hydrogens is 561 g/mol. The number of amides is 1. The molecule has 2 atom stereocenters. The van der Waals surface area contributed by atoms with E-state index in [9.17, 15) is 22.8 Å². The van der Waals surface area contributed by atoms with E-state index in [4.69, 9.17) is 25.8 Å². The molecule has 0 saturated carbocycles. The molecule has 11 heteroatoms. The average Bonchev–Trinajstić information content (AvgIpc) is 2.91. The van der Waals surface area contributed by atoms with Gasteiger partial charge in [-0.1, -0.05) is 35.9 Å². The third-order valence-electron chi connectivity index (χ3n) is 6.25. The SMILES string of the molecule is CCOC(=O)COc1cccc(C(Cc2ccc(Cl)cc2)C(C)NC(=O)C(C)(C)Oc2ccc(C(F)(F)F)cn2)c1. The van der Waals surface area contributed by atoms with Gasteiger partial charge in [0.15, 0.2) is 12.2 Å². The van der Waals surface area contributed by atoms with E-state index in [2.05, 4.69) is 10.3 Å². The molecule has 7 nitrogen and oxygen atoms in total. The molecule has 1 N–H and O–H groups in total. The lowest BCUT2D eigenvalue weighted by Gasteiger charge is -2.31. The summed E-state index contributed by atoms with van der Waals surface area (Å²) in [7, 11) is 0. The van der Waals surface area contributed by atoms with Gasteiger partial charge in [0, 0.05) is 29.2 Å². The van der Waals surface area contributed by atoms with Crippen molar-refractivity contribution in [2.45, 2.75) is 57.9 Å². The number of alkyl halides is 3. The molecule has 1 aromatic heterocycles. The summed E-state index contributed by atoms with van der Waals surface area (Å²) >= 11 is 6.06. The second-order valence-electron chi connectivity index (χ2n) is 9.86. The van der Waals surface area contributed by atoms with Crippen LogP contribution in [0.2, 0.25) is 5.02 Å². The lowest BCUT2D eigenvalue weighted by molar-refractivity contribution is -0.145. The number of nitrogens with one attached hydrogen (secondary N) is 1. The molecule has 0 fully saturated rings. The largest absolute Gasteiger partial charge is 0.482 e. The smallest absolute Gasteiger partial charge is 0.417 e. The van der Waals surface area contributed by atoms with Gasteiger partial charge in [-0.05, 0) is 75.6 Å². The molecule has 41 heavy (non-hydrogen) atoms. The standard InChI is InChI=1S/C30H32ClF3N2O5/c1-5-39-27(37)18-40-24-8-6-7-21(16-24)25(15-20-9-12-23(31)13-10-20)19(2)36-28(38)29(3,4)41-26-14-11-22(17-35-26)30(32,33)34/h6-14,16-17,19,25H,5,15,18H2,1-4H3,(H,36,38). The number of nitrogens with zero attached hydrogens (tertiary/aromatic N) is 1. The van der Waals surface area contributed by atoms with Crippen molar-refractivity contribution < 1.29 is 37.0 Å². The first-order chi connectivity index (χ1) is 19.3. The molecule has 220 valence electrons. The van der Waals surface area contributed by atoms with Crippen molar-refractivity contribution in [2.24, 2.45) is 0 Å². The van der Waals surface area contributed by atoms with E-state index in [1.165, 1.54) is 13.8 Å². The first kappa shape index (κ1) is 31.7. The van der Waals surface area contributed by atoms with Gasteiger partial charge in [0.2, 0.25) is 5.88 Å². The molecule has 0 bridgehead atoms. The number of aromatic nitrogens is 1. The number of carbonyl (C=O) groups excluding carboxylic acids is 2. The Morgan fingerprint density at radius 2 is 1.76 bits per heavy atom. The van der Waals surface area contributed by atoms with E-state index < -0.39 is 35.3 Å². The molecule has 0 aliphatic rings. The zero-order valence-corrected chi connectivity index (χ0v) is 23.9. The normalized spacial score (nSPS) is 13.2. The van der Waals surface area contributed by atoms with Gasteiger partial charge >= 0.3 is 12.1 Å². The molecule has 1 amide bonds. The maximum absolute atomic E-state index is 13.3. The second-order valence-corrected chi connectivity index (χ2v) is 10.3. The van der Waals surface area contributed by atoms with Crippen LogP contribution in [0.25, 0.3) is 0 Å². The Kier molecular flexibility index (Phi) is 10.6. The number of hydrogen-bond acceptors (Lipinski definition) is 6. The van der Waals surface area contributed by atoms with Gasteiger partial charge < -0.3 is 19.5 Å². The highest BCUT2D eigenvalue weighted by Crippen LogP contribution is 2.31. The Morgan fingerprint density at radius 3 is 2.37 bits per heavy atom. The summed E-state index contributed by atoms with van der Waals surface area (Å²) in [4.78, 5) is 28.8. The predicted molar refractivity (Wildman–Crippen MR) is 148 cm³/mol. The van der Waals surface area contributed by atoms with Gasteiger partial charge in [0.1, 0.15) is 5.75 Å². The van der Waals surface area contributed by atoms with Crippen molar-refractivity contribution >= 4 is 23.5 Å². The molecular formula is C30H32ClF3N2O5. The van der Waals surface area contributed by atoms with Crippen molar-refractivity contribution in [3.63, 3.8) is 0 Å². The number of rotatable bonds is 12. The summed E-state index contributed by atoms with van der Waals surface area (Å²) < 4.78 is 54.8. The topological polar surface area (TPSA) is 86.8 Å². The van der Waals surface area contributed by atoms with Crippen LogP contribution in [0.3, 0.4) is 0 Å². The average molecular weight is 593 g/mol. The highest BCUT2D eigenvalue weighted by molar-refractivity contribution is 6.30. The summed E-state index contributed by atoms with van der Waals surface area (Å²) in [5.74, 6) is -0.864. The predicted octanol–water partition coefficient (Wildman–Crippen LogP) is 6.38. The van der Waals surface area contributed by atoms with Crippen LogP contribution in [0, 0.1) is 0 Å². The third-order valence-corrected chi connectivity index (χ3v) is 6.50. The lowest BCUT2D eigenvalue weighted by atomic mass is 9.86. The minimum atomic E-state index is -4.53. The number of esters is 1. The van der Waals surface area contributed by atoms with E-state index in [0.29, 0.717) is 23.4 Å². The molecule has 2 unspecified atom stereocenters. The maximum Gasteiger partial charge on any atom is 0.417 e. The van der Waals surface area contributed by atoms with Crippen molar-refractivity contribution in [3.05, 3.63) is 88.6 Å². The van der Waals surface area contributed by atoms with Crippen LogP contribution in [-0.4, -0.2) is 41.7 Å². The monoisotopic (exact) mass is 592 g/mol. The number of carbonyl (C=O) groups is 2. The van der Waals surface area contributed by atoms with Crippen LogP contribution in [0.15, 0.2) is 66.9 Å². The Balaban J connectivity index is 1.79. The van der Waals surface area contributed by atoms with E-state index >= 15 is 0 Å². The summed E-state index contributed by atoms with van der Waals surface area (Å²) in [5.41, 5.74) is -0.546. The highest BCUT2D eigenvalue weighted by Gasteiger charge is 2.34. The van der Waals surface area contributed by atoms with Gasteiger partial charge in [-0.3, -0.25) is 4.79 Å². The van der Waals surface area contributed by atoms with Crippen molar-refractivity contribution in [1.29, 1.82) is 0 Å². The van der Waals surface area contributed by atoms with E-state index in [0.717, 1.165) is 23.3 Å². The zero-order valence-electron chi connectivity index (χ0n) is 23.1. The molecule has 0 saturated heterocycles. The molecule has 0 radical (unpaired) electrons. The Labute approximate surface area is 242 Å². The lowest BCUT2D eigenvalue weighted by Crippen LogP contribution is -2.51. The molecule has 0 spiro atoms. The fourth-order valence-electron chi connectivity index (χ4n) is 4.03. The second kappa shape index (κ2) is 13.7. The summed E-state index contributed by atoms with van der Waals surface area (Å²) in [5, 5.41) is 3.57. The fourth-order valence-corrected chi connectivity index (χ4v) is 4.16. The Morgan fingerprint density at radius 1 is 1.05 bits per heavy atom. The van der Waals surface area contributed by atoms with Gasteiger partial charge in [0.25, 0.3) is 5.91 Å². The van der Waals surface area contributed by atoms with Gasteiger partial charge in [-0.2, -0.15) is 13.2 Å². The van der Waals surface area contributed by atoms with Crippen LogP contribution in [0.5, 0.6) is 11.6 Å². The molecule has 0 aliphatic carbocycles. The Hall–Kier alpha value is -3.79. The van der Waals surface area contributed by atoms with E-state index in [1.54, 1.807) is 37.3 Å². The van der Waals surface area contributed by atoms with Crippen molar-refractivity contribution in [1.82, 2.24) is 10.3 Å². The van der Waals surface area contributed by atoms with Crippen LogP contribution in [0.1, 0.15) is 50.3 Å². The van der Waals surface area contributed by atoms with Crippen molar-refractivity contribution in [3.8, 4) is 11.6 Å². The first-order valence-corrected chi connectivity index (χ1v) is 13.3. The fraction of sp³-hybridized carbons (Fsp3) is 0.367.